The first kappa shape index (κ1) is 41.8. The van der Waals surface area contributed by atoms with Crippen molar-refractivity contribution < 1.29 is 4.42 Å². The summed E-state index contributed by atoms with van der Waals surface area (Å²) < 4.78 is 6.55. The third-order valence-electron chi connectivity index (χ3n) is 14.7. The summed E-state index contributed by atoms with van der Waals surface area (Å²) in [5.74, 6) is 0. The first-order valence-electron chi connectivity index (χ1n) is 24.1. The molecule has 0 spiro atoms. The molecular formula is C64H55BN2O. The second kappa shape index (κ2) is 15.5. The zero-order chi connectivity index (χ0) is 46.6. The molecule has 0 saturated heterocycles. The van der Waals surface area contributed by atoms with Crippen LogP contribution in [0.1, 0.15) is 63.8 Å². The maximum atomic E-state index is 6.55. The molecule has 3 nitrogen and oxygen atoms in total. The number of hydrogen-bond donors (Lipinski definition) is 0. The Morgan fingerprint density at radius 3 is 1.54 bits per heavy atom. The number of aryl methyl sites for hydroxylation is 2. The Bertz CT molecular complexity index is 3620. The van der Waals surface area contributed by atoms with Crippen molar-refractivity contribution in [3.63, 3.8) is 0 Å². The van der Waals surface area contributed by atoms with Crippen LogP contribution in [0.15, 0.2) is 192 Å². The number of benzene rings is 9. The number of anilines is 6. The summed E-state index contributed by atoms with van der Waals surface area (Å²) in [6.07, 6.45) is 0. The van der Waals surface area contributed by atoms with Crippen LogP contribution in [0.2, 0.25) is 0 Å². The lowest BCUT2D eigenvalue weighted by atomic mass is 9.33. The average Bonchev–Trinajstić information content (AvgIpc) is 3.73. The van der Waals surface area contributed by atoms with Crippen molar-refractivity contribution in [2.24, 2.45) is 0 Å². The Balaban J connectivity index is 1.11. The summed E-state index contributed by atoms with van der Waals surface area (Å²) in [5, 5.41) is 2.28. The van der Waals surface area contributed by atoms with Crippen LogP contribution in [0.5, 0.6) is 0 Å². The van der Waals surface area contributed by atoms with E-state index in [0.717, 1.165) is 44.4 Å². The van der Waals surface area contributed by atoms with Gasteiger partial charge in [0.1, 0.15) is 11.2 Å². The number of nitrogens with zero attached hydrogens (tertiary/aromatic N) is 2. The summed E-state index contributed by atoms with van der Waals surface area (Å²) in [6.45, 7) is 18.4. The van der Waals surface area contributed by atoms with Gasteiger partial charge >= 0.3 is 0 Å². The average molecular weight is 879 g/mol. The lowest BCUT2D eigenvalue weighted by Gasteiger charge is -2.45. The summed E-state index contributed by atoms with van der Waals surface area (Å²) >= 11 is 0. The molecule has 0 bridgehead atoms. The topological polar surface area (TPSA) is 19.6 Å². The van der Waals surface area contributed by atoms with E-state index in [2.05, 4.69) is 247 Å². The van der Waals surface area contributed by atoms with E-state index < -0.39 is 0 Å². The number of rotatable bonds is 5. The highest BCUT2D eigenvalue weighted by Gasteiger charge is 2.44. The molecule has 0 N–H and O–H groups in total. The SMILES string of the molecule is Cc1ccccc1-c1ccc(N2c3ccc(-c4ccccc4C)cc3B3c4ccc(C(C)(C)C)cc4N(c4ccc(-c5cccc6c5oc5ccccc56)cc4)c4cc(C(C)(C)C)cc2c43)cc1. The predicted octanol–water partition coefficient (Wildman–Crippen LogP) is 15.9. The van der Waals surface area contributed by atoms with E-state index in [4.69, 9.17) is 4.42 Å². The van der Waals surface area contributed by atoms with Crippen LogP contribution in [-0.2, 0) is 10.8 Å². The molecule has 4 heteroatoms. The van der Waals surface area contributed by atoms with Gasteiger partial charge in [0.05, 0.1) is 0 Å². The van der Waals surface area contributed by atoms with Gasteiger partial charge in [0.15, 0.2) is 0 Å². The van der Waals surface area contributed by atoms with Crippen molar-refractivity contribution in [2.75, 3.05) is 9.80 Å². The molecule has 0 saturated carbocycles. The van der Waals surface area contributed by atoms with Gasteiger partial charge in [0, 0.05) is 50.5 Å². The molecule has 3 heterocycles. The summed E-state index contributed by atoms with van der Waals surface area (Å²) in [4.78, 5) is 5.11. The second-order valence-corrected chi connectivity index (χ2v) is 21.1. The molecule has 2 aliphatic heterocycles. The highest BCUT2D eigenvalue weighted by atomic mass is 16.3. The van der Waals surface area contributed by atoms with Crippen molar-refractivity contribution in [3.05, 3.63) is 210 Å². The summed E-state index contributed by atoms with van der Waals surface area (Å²) in [7, 11) is 0. The standard InChI is InChI=1S/C64H55BN2O/c1-40-16-9-11-18-49(40)42-24-30-47(31-25-42)66-56-35-28-44(50-19-12-10-17-41(50)2)36-55(56)65-54-34-29-45(63(3,4)5)37-57(54)67(59-39-46(64(6,7)8)38-58(66)61(59)65)48-32-26-43(27-33-48)51-21-15-22-53-52-20-13-14-23-60(52)68-62(51)53/h9-39H,1-8H3. The molecule has 10 aromatic rings. The largest absolute Gasteiger partial charge is 0.455 e. The Labute approximate surface area is 401 Å². The van der Waals surface area contributed by atoms with Crippen LogP contribution < -0.4 is 26.2 Å². The van der Waals surface area contributed by atoms with E-state index >= 15 is 0 Å². The van der Waals surface area contributed by atoms with Crippen molar-refractivity contribution in [1.82, 2.24) is 0 Å². The molecule has 0 fully saturated rings. The molecule has 12 rings (SSSR count). The number of furan rings is 1. The van der Waals surface area contributed by atoms with Gasteiger partial charge in [0.25, 0.3) is 6.71 Å². The molecule has 0 atom stereocenters. The summed E-state index contributed by atoms with van der Waals surface area (Å²) in [5.41, 5.74) is 25.1. The third-order valence-corrected chi connectivity index (χ3v) is 14.7. The number of fused-ring (bicyclic) bond motifs is 7. The molecule has 0 amide bonds. The van der Waals surface area contributed by atoms with E-state index in [-0.39, 0.29) is 17.5 Å². The van der Waals surface area contributed by atoms with Crippen LogP contribution in [0.25, 0.3) is 55.3 Å². The fourth-order valence-electron chi connectivity index (χ4n) is 11.0. The van der Waals surface area contributed by atoms with E-state index in [9.17, 15) is 0 Å². The minimum atomic E-state index is -0.134. The van der Waals surface area contributed by atoms with Gasteiger partial charge in [-0.2, -0.15) is 0 Å². The Kier molecular flexibility index (Phi) is 9.54. The summed E-state index contributed by atoms with van der Waals surface area (Å²) in [6, 6.07) is 70.2. The quantitative estimate of drug-likeness (QED) is 0.161. The minimum absolute atomic E-state index is 0.0132. The lowest BCUT2D eigenvalue weighted by Crippen LogP contribution is -2.61. The molecule has 68 heavy (non-hydrogen) atoms. The predicted molar refractivity (Wildman–Crippen MR) is 291 cm³/mol. The molecule has 0 aliphatic carbocycles. The zero-order valence-corrected chi connectivity index (χ0v) is 40.3. The van der Waals surface area contributed by atoms with Gasteiger partial charge in [-0.05, 0) is 146 Å². The lowest BCUT2D eigenvalue weighted by molar-refractivity contribution is 0.590. The minimum Gasteiger partial charge on any atom is -0.455 e. The van der Waals surface area contributed by atoms with E-state index in [1.54, 1.807) is 0 Å². The highest BCUT2D eigenvalue weighted by molar-refractivity contribution is 7.00. The molecule has 0 unspecified atom stereocenters. The monoisotopic (exact) mass is 878 g/mol. The molecule has 330 valence electrons. The molecular weight excluding hydrogens is 824 g/mol. The molecule has 0 radical (unpaired) electrons. The Hall–Kier alpha value is -7.56. The number of hydrogen-bond acceptors (Lipinski definition) is 3. The van der Waals surface area contributed by atoms with Gasteiger partial charge < -0.3 is 14.2 Å². The van der Waals surface area contributed by atoms with Crippen LogP contribution in [0, 0.1) is 13.8 Å². The smallest absolute Gasteiger partial charge is 0.252 e. The van der Waals surface area contributed by atoms with Gasteiger partial charge in [-0.25, -0.2) is 0 Å². The molecule has 2 aliphatic rings. The molecule has 1 aromatic heterocycles. The van der Waals surface area contributed by atoms with E-state index in [0.29, 0.717) is 0 Å². The van der Waals surface area contributed by atoms with Gasteiger partial charge in [-0.15, -0.1) is 0 Å². The maximum Gasteiger partial charge on any atom is 0.252 e. The van der Waals surface area contributed by atoms with Crippen LogP contribution >= 0.6 is 0 Å². The Morgan fingerprint density at radius 2 is 0.912 bits per heavy atom. The van der Waals surface area contributed by atoms with Gasteiger partial charge in [-0.1, -0.05) is 175 Å². The maximum absolute atomic E-state index is 6.55. The van der Waals surface area contributed by atoms with Crippen molar-refractivity contribution in [2.45, 2.75) is 66.2 Å². The van der Waals surface area contributed by atoms with Gasteiger partial charge in [0.2, 0.25) is 0 Å². The fraction of sp³-hybridized carbons (Fsp3) is 0.156. The first-order chi connectivity index (χ1) is 32.8. The highest BCUT2D eigenvalue weighted by Crippen LogP contribution is 2.48. The van der Waals surface area contributed by atoms with Crippen LogP contribution in [-0.4, -0.2) is 6.71 Å². The van der Waals surface area contributed by atoms with E-state index in [1.165, 1.54) is 83.6 Å². The van der Waals surface area contributed by atoms with E-state index in [1.807, 2.05) is 6.07 Å². The fourth-order valence-corrected chi connectivity index (χ4v) is 11.0. The van der Waals surface area contributed by atoms with Crippen molar-refractivity contribution >= 4 is 79.2 Å². The van der Waals surface area contributed by atoms with Crippen molar-refractivity contribution in [1.29, 1.82) is 0 Å². The van der Waals surface area contributed by atoms with Crippen LogP contribution in [0.4, 0.5) is 34.1 Å². The number of para-hydroxylation sites is 2. The second-order valence-electron chi connectivity index (χ2n) is 21.1. The first-order valence-corrected chi connectivity index (χ1v) is 24.1. The normalized spacial score (nSPS) is 13.2. The third kappa shape index (κ3) is 6.72. The zero-order valence-electron chi connectivity index (χ0n) is 40.3. The molecule has 9 aromatic carbocycles. The van der Waals surface area contributed by atoms with Gasteiger partial charge in [-0.3, -0.25) is 0 Å². The van der Waals surface area contributed by atoms with Crippen LogP contribution in [0.3, 0.4) is 0 Å². The Morgan fingerprint density at radius 1 is 0.397 bits per heavy atom. The van der Waals surface area contributed by atoms with Crippen molar-refractivity contribution in [3.8, 4) is 33.4 Å².